The Bertz CT molecular complexity index is 531. The monoisotopic (exact) mass is 294 g/mol. The number of nitrogens with zero attached hydrogens (tertiary/aromatic N) is 1. The van der Waals surface area contributed by atoms with Crippen LogP contribution in [0.25, 0.3) is 0 Å². The maximum Gasteiger partial charge on any atom is 0.245 e. The average Bonchev–Trinajstić information content (AvgIpc) is 2.38. The summed E-state index contributed by atoms with van der Waals surface area (Å²) in [6, 6.07) is 5.34. The molecule has 0 saturated carbocycles. The van der Waals surface area contributed by atoms with Gasteiger partial charge in [0.2, 0.25) is 11.8 Å². The van der Waals surface area contributed by atoms with Gasteiger partial charge >= 0.3 is 0 Å². The van der Waals surface area contributed by atoms with E-state index < -0.39 is 6.04 Å². The number of carbonyl (C=O) groups is 2. The third-order valence-corrected chi connectivity index (χ3v) is 3.78. The van der Waals surface area contributed by atoms with E-state index in [2.05, 4.69) is 5.32 Å². The first-order valence-electron chi connectivity index (χ1n) is 6.84. The van der Waals surface area contributed by atoms with Crippen molar-refractivity contribution in [2.45, 2.75) is 39.3 Å². The Kier molecular flexibility index (Phi) is 4.65. The van der Waals surface area contributed by atoms with Gasteiger partial charge in [0.15, 0.2) is 0 Å². The van der Waals surface area contributed by atoms with Gasteiger partial charge in [-0.05, 0) is 30.5 Å². The van der Waals surface area contributed by atoms with Gasteiger partial charge in [-0.25, -0.2) is 0 Å². The third kappa shape index (κ3) is 3.31. The molecule has 1 aromatic carbocycles. The fraction of sp³-hybridized carbons (Fsp3) is 0.467. The van der Waals surface area contributed by atoms with Crippen LogP contribution in [0.1, 0.15) is 30.9 Å². The van der Waals surface area contributed by atoms with Crippen LogP contribution in [0, 0.1) is 6.92 Å². The molecule has 1 aliphatic rings. The number of hydrogen-bond acceptors (Lipinski definition) is 2. The molecule has 0 aromatic heterocycles. The average molecular weight is 295 g/mol. The Hall–Kier alpha value is -1.55. The molecule has 1 saturated heterocycles. The molecular weight excluding hydrogens is 276 g/mol. The van der Waals surface area contributed by atoms with Gasteiger partial charge in [0.25, 0.3) is 0 Å². The third-order valence-electron chi connectivity index (χ3n) is 3.43. The number of nitrogens with one attached hydrogen (secondary N) is 1. The summed E-state index contributed by atoms with van der Waals surface area (Å²) >= 11 is 6.19. The summed E-state index contributed by atoms with van der Waals surface area (Å²) in [6.07, 6.45) is 1.53. The van der Waals surface area contributed by atoms with Crippen molar-refractivity contribution in [1.82, 2.24) is 10.2 Å². The van der Waals surface area contributed by atoms with E-state index in [0.29, 0.717) is 18.0 Å². The van der Waals surface area contributed by atoms with Crippen LogP contribution < -0.4 is 5.32 Å². The molecule has 20 heavy (non-hydrogen) atoms. The van der Waals surface area contributed by atoms with Gasteiger partial charge in [0.05, 0.1) is 6.54 Å². The van der Waals surface area contributed by atoms with Crippen LogP contribution in [0.2, 0.25) is 5.02 Å². The molecule has 1 fully saturated rings. The van der Waals surface area contributed by atoms with Crippen molar-refractivity contribution in [3.63, 3.8) is 0 Å². The lowest BCUT2D eigenvalue weighted by molar-refractivity contribution is -0.145. The smallest absolute Gasteiger partial charge is 0.245 e. The van der Waals surface area contributed by atoms with Crippen molar-refractivity contribution in [1.29, 1.82) is 0 Å². The summed E-state index contributed by atoms with van der Waals surface area (Å²) in [6.45, 7) is 4.44. The molecule has 1 heterocycles. The summed E-state index contributed by atoms with van der Waals surface area (Å²) in [5.41, 5.74) is 1.95. The van der Waals surface area contributed by atoms with Gasteiger partial charge in [-0.15, -0.1) is 0 Å². The van der Waals surface area contributed by atoms with E-state index >= 15 is 0 Å². The lowest BCUT2D eigenvalue weighted by Crippen LogP contribution is -2.57. The van der Waals surface area contributed by atoms with E-state index in [4.69, 9.17) is 11.6 Å². The zero-order chi connectivity index (χ0) is 14.7. The molecule has 0 aliphatic carbocycles. The van der Waals surface area contributed by atoms with E-state index in [1.54, 1.807) is 4.90 Å². The summed E-state index contributed by atoms with van der Waals surface area (Å²) in [5, 5.41) is 3.38. The van der Waals surface area contributed by atoms with Crippen LogP contribution >= 0.6 is 11.6 Å². The highest BCUT2D eigenvalue weighted by atomic mass is 35.5. The van der Waals surface area contributed by atoms with Crippen molar-refractivity contribution in [3.8, 4) is 0 Å². The highest BCUT2D eigenvalue weighted by molar-refractivity contribution is 6.31. The van der Waals surface area contributed by atoms with Gasteiger partial charge in [0, 0.05) is 11.6 Å². The summed E-state index contributed by atoms with van der Waals surface area (Å²) in [4.78, 5) is 25.6. The van der Waals surface area contributed by atoms with Gasteiger partial charge in [-0.1, -0.05) is 37.1 Å². The van der Waals surface area contributed by atoms with Crippen molar-refractivity contribution < 1.29 is 9.59 Å². The summed E-state index contributed by atoms with van der Waals surface area (Å²) in [7, 11) is 0. The number of rotatable bonds is 4. The SMILES string of the molecule is CCCC1NC(=O)CN(Cc2ccc(C)cc2Cl)C1=O. The lowest BCUT2D eigenvalue weighted by Gasteiger charge is -2.32. The first-order valence-corrected chi connectivity index (χ1v) is 7.22. The molecule has 1 aromatic rings. The highest BCUT2D eigenvalue weighted by Gasteiger charge is 2.32. The molecular formula is C15H19ClN2O2. The minimum atomic E-state index is -0.398. The zero-order valence-electron chi connectivity index (χ0n) is 11.8. The van der Waals surface area contributed by atoms with Crippen molar-refractivity contribution in [2.75, 3.05) is 6.54 Å². The summed E-state index contributed by atoms with van der Waals surface area (Å²) < 4.78 is 0. The fourth-order valence-corrected chi connectivity index (χ4v) is 2.67. The largest absolute Gasteiger partial charge is 0.343 e. The molecule has 1 atom stereocenters. The van der Waals surface area contributed by atoms with E-state index in [-0.39, 0.29) is 18.4 Å². The Morgan fingerprint density at radius 1 is 1.40 bits per heavy atom. The van der Waals surface area contributed by atoms with E-state index in [9.17, 15) is 9.59 Å². The second-order valence-electron chi connectivity index (χ2n) is 5.20. The van der Waals surface area contributed by atoms with Crippen molar-refractivity contribution >= 4 is 23.4 Å². The van der Waals surface area contributed by atoms with Crippen LogP contribution in [0.3, 0.4) is 0 Å². The number of amides is 2. The van der Waals surface area contributed by atoms with Crippen LogP contribution in [-0.2, 0) is 16.1 Å². The number of aryl methyl sites for hydroxylation is 1. The van der Waals surface area contributed by atoms with Gasteiger partial charge in [-0.2, -0.15) is 0 Å². The summed E-state index contributed by atoms with van der Waals surface area (Å²) in [5.74, 6) is -0.130. The number of hydrogen-bond donors (Lipinski definition) is 1. The predicted octanol–water partition coefficient (Wildman–Crippen LogP) is 2.28. The molecule has 1 aliphatic heterocycles. The zero-order valence-corrected chi connectivity index (χ0v) is 12.5. The quantitative estimate of drug-likeness (QED) is 0.926. The molecule has 108 valence electrons. The van der Waals surface area contributed by atoms with Gasteiger partial charge < -0.3 is 10.2 Å². The maximum absolute atomic E-state index is 12.3. The Morgan fingerprint density at radius 2 is 2.15 bits per heavy atom. The Balaban J connectivity index is 2.14. The number of carbonyl (C=O) groups excluding carboxylic acids is 2. The normalized spacial score (nSPS) is 19.1. The molecule has 0 radical (unpaired) electrons. The molecule has 1 N–H and O–H groups in total. The minimum absolute atomic E-state index is 0.0249. The van der Waals surface area contributed by atoms with Crippen molar-refractivity contribution in [2.24, 2.45) is 0 Å². The Labute approximate surface area is 124 Å². The van der Waals surface area contributed by atoms with Crippen LogP contribution in [0.15, 0.2) is 18.2 Å². The maximum atomic E-state index is 12.3. The van der Waals surface area contributed by atoms with Crippen molar-refractivity contribution in [3.05, 3.63) is 34.3 Å². The first-order chi connectivity index (χ1) is 9.51. The molecule has 4 nitrogen and oxygen atoms in total. The van der Waals surface area contributed by atoms with E-state index in [1.807, 2.05) is 32.0 Å². The van der Waals surface area contributed by atoms with Crippen LogP contribution in [-0.4, -0.2) is 29.3 Å². The predicted molar refractivity (Wildman–Crippen MR) is 78.4 cm³/mol. The lowest BCUT2D eigenvalue weighted by atomic mass is 10.1. The Morgan fingerprint density at radius 3 is 2.80 bits per heavy atom. The topological polar surface area (TPSA) is 49.4 Å². The number of piperazine rings is 1. The fourth-order valence-electron chi connectivity index (χ4n) is 2.38. The van der Waals surface area contributed by atoms with Crippen LogP contribution in [0.4, 0.5) is 0 Å². The van der Waals surface area contributed by atoms with E-state index in [1.165, 1.54) is 0 Å². The molecule has 2 rings (SSSR count). The first kappa shape index (κ1) is 14.9. The number of halogens is 1. The minimum Gasteiger partial charge on any atom is -0.343 e. The van der Waals surface area contributed by atoms with E-state index in [0.717, 1.165) is 17.5 Å². The molecule has 0 spiro atoms. The standard InChI is InChI=1S/C15H19ClN2O2/c1-3-4-13-15(20)18(9-14(19)17-13)8-11-6-5-10(2)7-12(11)16/h5-7,13H,3-4,8-9H2,1-2H3,(H,17,19). The second kappa shape index (κ2) is 6.27. The number of benzene rings is 1. The molecule has 1 unspecified atom stereocenters. The second-order valence-corrected chi connectivity index (χ2v) is 5.61. The highest BCUT2D eigenvalue weighted by Crippen LogP contribution is 2.20. The van der Waals surface area contributed by atoms with Gasteiger partial charge in [-0.3, -0.25) is 9.59 Å². The van der Waals surface area contributed by atoms with Crippen LogP contribution in [0.5, 0.6) is 0 Å². The molecule has 2 amide bonds. The molecule has 5 heteroatoms. The van der Waals surface area contributed by atoms with Gasteiger partial charge in [0.1, 0.15) is 6.04 Å². The molecule has 0 bridgehead atoms.